The van der Waals surface area contributed by atoms with Crippen LogP contribution in [0.4, 0.5) is 0 Å². The Balaban J connectivity index is 1.31. The molecule has 0 unspecified atom stereocenters. The lowest BCUT2D eigenvalue weighted by Gasteiger charge is -2.50. The van der Waals surface area contributed by atoms with E-state index in [1.807, 2.05) is 48.8 Å². The number of nitrogens with one attached hydrogen (secondary N) is 1. The van der Waals surface area contributed by atoms with Crippen molar-refractivity contribution < 1.29 is 9.53 Å². The molecule has 3 aromatic rings. The molecule has 0 aliphatic carbocycles. The van der Waals surface area contributed by atoms with Gasteiger partial charge in [-0.3, -0.25) is 9.69 Å². The fraction of sp³-hybridized carbons (Fsp3) is 0.320. The van der Waals surface area contributed by atoms with Gasteiger partial charge in [-0.15, -0.1) is 0 Å². The van der Waals surface area contributed by atoms with E-state index in [1.54, 1.807) is 0 Å². The number of hydrogen-bond acceptors (Lipinski definition) is 5. The van der Waals surface area contributed by atoms with Gasteiger partial charge in [0.2, 0.25) is 5.91 Å². The van der Waals surface area contributed by atoms with Gasteiger partial charge in [-0.1, -0.05) is 54.6 Å². The Kier molecular flexibility index (Phi) is 5.26. The Morgan fingerprint density at radius 3 is 2.61 bits per heavy atom. The number of hydrogen-bond donors (Lipinski definition) is 1. The summed E-state index contributed by atoms with van der Waals surface area (Å²) in [5, 5.41) is 3.25. The third-order valence-electron chi connectivity index (χ3n) is 6.36. The van der Waals surface area contributed by atoms with Crippen molar-refractivity contribution in [3.63, 3.8) is 0 Å². The van der Waals surface area contributed by atoms with E-state index in [2.05, 4.69) is 45.3 Å². The zero-order valence-electron chi connectivity index (χ0n) is 17.6. The second-order valence-corrected chi connectivity index (χ2v) is 8.40. The predicted molar refractivity (Wildman–Crippen MR) is 118 cm³/mol. The summed E-state index contributed by atoms with van der Waals surface area (Å²) in [6, 6.07) is 18.3. The zero-order chi connectivity index (χ0) is 21.3. The molecule has 31 heavy (non-hydrogen) atoms. The van der Waals surface area contributed by atoms with Gasteiger partial charge < -0.3 is 10.1 Å². The van der Waals surface area contributed by atoms with Gasteiger partial charge in [-0.25, -0.2) is 9.97 Å². The molecule has 1 N–H and O–H groups in total. The molecule has 1 amide bonds. The lowest BCUT2D eigenvalue weighted by molar-refractivity contribution is -0.152. The van der Waals surface area contributed by atoms with Crippen molar-refractivity contribution in [3.05, 3.63) is 83.7 Å². The van der Waals surface area contributed by atoms with Crippen LogP contribution in [0.25, 0.3) is 11.4 Å². The number of ether oxygens (including phenoxy) is 1. The molecule has 0 saturated carbocycles. The van der Waals surface area contributed by atoms with E-state index < -0.39 is 5.54 Å². The number of benzene rings is 2. The maximum atomic E-state index is 12.2. The van der Waals surface area contributed by atoms with Crippen LogP contribution in [0.15, 0.2) is 67.0 Å². The summed E-state index contributed by atoms with van der Waals surface area (Å²) in [6.07, 6.45) is 4.54. The predicted octanol–water partition coefficient (Wildman–Crippen LogP) is 3.07. The van der Waals surface area contributed by atoms with E-state index in [4.69, 9.17) is 4.74 Å². The maximum Gasteiger partial charge on any atom is 0.246 e. The van der Waals surface area contributed by atoms with E-state index in [0.29, 0.717) is 0 Å². The van der Waals surface area contributed by atoms with Crippen LogP contribution >= 0.6 is 0 Å². The molecule has 6 nitrogen and oxygen atoms in total. The Hall–Kier alpha value is -3.09. The quantitative estimate of drug-likeness (QED) is 0.711. The molecule has 2 saturated heterocycles. The van der Waals surface area contributed by atoms with Crippen LogP contribution < -0.4 is 5.32 Å². The number of nitrogens with zero attached hydrogens (tertiary/aromatic N) is 3. The smallest absolute Gasteiger partial charge is 0.246 e. The Morgan fingerprint density at radius 1 is 1.10 bits per heavy atom. The molecule has 158 valence electrons. The van der Waals surface area contributed by atoms with Gasteiger partial charge in [-0.05, 0) is 24.5 Å². The summed E-state index contributed by atoms with van der Waals surface area (Å²) >= 11 is 0. The van der Waals surface area contributed by atoms with Crippen LogP contribution in [0.5, 0.6) is 0 Å². The average molecular weight is 415 g/mol. The largest absolute Gasteiger partial charge is 0.364 e. The third-order valence-corrected chi connectivity index (χ3v) is 6.36. The number of fused-ring (bicyclic) bond motifs is 1. The molecule has 2 fully saturated rings. The van der Waals surface area contributed by atoms with Crippen LogP contribution in [0.2, 0.25) is 0 Å². The van der Waals surface area contributed by atoms with Crippen molar-refractivity contribution in [1.29, 1.82) is 0 Å². The fourth-order valence-corrected chi connectivity index (χ4v) is 4.72. The molecule has 6 heteroatoms. The van der Waals surface area contributed by atoms with Crippen molar-refractivity contribution in [2.24, 2.45) is 0 Å². The van der Waals surface area contributed by atoms with Crippen molar-refractivity contribution in [3.8, 4) is 11.4 Å². The Labute approximate surface area is 182 Å². The molecule has 0 spiro atoms. The summed E-state index contributed by atoms with van der Waals surface area (Å²) < 4.78 is 6.03. The van der Waals surface area contributed by atoms with Crippen LogP contribution in [-0.2, 0) is 21.6 Å². The molecule has 3 heterocycles. The number of carbonyl (C=O) groups is 1. The van der Waals surface area contributed by atoms with Gasteiger partial charge in [0, 0.05) is 43.2 Å². The first-order valence-electron chi connectivity index (χ1n) is 10.7. The third kappa shape index (κ3) is 3.84. The molecule has 2 atom stereocenters. The van der Waals surface area contributed by atoms with Crippen LogP contribution in [-0.4, -0.2) is 46.6 Å². The number of amides is 1. The number of piperidine rings is 1. The Bertz CT molecular complexity index is 1070. The molecule has 2 aromatic carbocycles. The van der Waals surface area contributed by atoms with E-state index in [1.165, 1.54) is 5.56 Å². The minimum absolute atomic E-state index is 0.0475. The summed E-state index contributed by atoms with van der Waals surface area (Å²) in [5.74, 6) is 0.704. The van der Waals surface area contributed by atoms with Gasteiger partial charge in [0.1, 0.15) is 6.61 Å². The first-order valence-corrected chi connectivity index (χ1v) is 10.7. The van der Waals surface area contributed by atoms with Gasteiger partial charge in [-0.2, -0.15) is 0 Å². The lowest BCUT2D eigenvalue weighted by Crippen LogP contribution is -2.66. The summed E-state index contributed by atoms with van der Waals surface area (Å²) in [7, 11) is 0. The van der Waals surface area contributed by atoms with E-state index in [0.717, 1.165) is 48.6 Å². The minimum atomic E-state index is -0.460. The van der Waals surface area contributed by atoms with Gasteiger partial charge in [0.05, 0.1) is 11.6 Å². The molecule has 5 rings (SSSR count). The summed E-state index contributed by atoms with van der Waals surface area (Å²) in [4.78, 5) is 23.7. The van der Waals surface area contributed by atoms with E-state index >= 15 is 0 Å². The highest BCUT2D eigenvalue weighted by atomic mass is 16.5. The normalized spacial score (nSPS) is 23.8. The highest BCUT2D eigenvalue weighted by Crippen LogP contribution is 2.37. The van der Waals surface area contributed by atoms with Crippen LogP contribution in [0.3, 0.4) is 0 Å². The van der Waals surface area contributed by atoms with Crippen molar-refractivity contribution in [2.75, 3.05) is 19.7 Å². The number of rotatable bonds is 4. The first-order chi connectivity index (χ1) is 15.1. The molecule has 2 aliphatic heterocycles. The maximum absolute atomic E-state index is 12.2. The minimum Gasteiger partial charge on any atom is -0.364 e. The van der Waals surface area contributed by atoms with Crippen molar-refractivity contribution >= 4 is 5.91 Å². The molecule has 0 bridgehead atoms. The highest BCUT2D eigenvalue weighted by Gasteiger charge is 2.48. The molecular weight excluding hydrogens is 388 g/mol. The zero-order valence-corrected chi connectivity index (χ0v) is 17.6. The number of morpholine rings is 1. The molecule has 1 aromatic heterocycles. The molecule has 2 aliphatic rings. The van der Waals surface area contributed by atoms with Gasteiger partial charge >= 0.3 is 0 Å². The SMILES string of the molecule is Cc1ccccc1-c1ncc(CN2CC[C@@]3(c4ccccc4)NC(=O)CO[C@@H]3C2)cn1. The standard InChI is InChI=1S/C25H26N4O2/c1-18-7-5-6-10-21(18)24-26-13-19(14-27-24)15-29-12-11-25(20-8-3-2-4-9-20)22(16-29)31-17-23(30)28-25/h2-10,13-14,22H,11-12,15-17H2,1H3,(H,28,30)/t22-,25+/m1/s1. The molecule has 0 radical (unpaired) electrons. The van der Waals surface area contributed by atoms with Crippen molar-refractivity contribution in [1.82, 2.24) is 20.2 Å². The number of carbonyl (C=O) groups excluding carboxylic acids is 1. The monoisotopic (exact) mass is 414 g/mol. The number of likely N-dealkylation sites (tertiary alicyclic amines) is 1. The summed E-state index contributed by atoms with van der Waals surface area (Å²) in [6.45, 7) is 4.54. The van der Waals surface area contributed by atoms with Crippen LogP contribution in [0.1, 0.15) is 23.1 Å². The Morgan fingerprint density at radius 2 is 1.84 bits per heavy atom. The van der Waals surface area contributed by atoms with Gasteiger partial charge in [0.15, 0.2) is 5.82 Å². The highest BCUT2D eigenvalue weighted by molar-refractivity contribution is 5.79. The molecular formula is C25H26N4O2. The van der Waals surface area contributed by atoms with E-state index in [-0.39, 0.29) is 18.6 Å². The van der Waals surface area contributed by atoms with E-state index in [9.17, 15) is 4.79 Å². The van der Waals surface area contributed by atoms with Crippen LogP contribution in [0, 0.1) is 6.92 Å². The summed E-state index contributed by atoms with van der Waals surface area (Å²) in [5.41, 5.74) is 3.95. The second-order valence-electron chi connectivity index (χ2n) is 8.40. The number of aromatic nitrogens is 2. The van der Waals surface area contributed by atoms with Crippen molar-refractivity contribution in [2.45, 2.75) is 31.5 Å². The lowest BCUT2D eigenvalue weighted by atomic mass is 9.77. The van der Waals surface area contributed by atoms with Gasteiger partial charge in [0.25, 0.3) is 0 Å². The average Bonchev–Trinajstić information content (AvgIpc) is 2.81. The first kappa shape index (κ1) is 19.8. The topological polar surface area (TPSA) is 67.4 Å². The number of aryl methyl sites for hydroxylation is 1. The fourth-order valence-electron chi connectivity index (χ4n) is 4.72. The second kappa shape index (κ2) is 8.21.